The summed E-state index contributed by atoms with van der Waals surface area (Å²) in [5.74, 6) is 1.31. The molecule has 0 unspecified atom stereocenters. The minimum Gasteiger partial charge on any atom is -0.488 e. The summed E-state index contributed by atoms with van der Waals surface area (Å²) in [5.41, 5.74) is 1.98. The molecule has 0 N–H and O–H groups in total. The highest BCUT2D eigenvalue weighted by atomic mass is 32.2. The van der Waals surface area contributed by atoms with Crippen molar-refractivity contribution in [1.29, 1.82) is 0 Å². The third kappa shape index (κ3) is 4.02. The Morgan fingerprint density at radius 3 is 2.96 bits per heavy atom. The Labute approximate surface area is 172 Å². The number of aromatic nitrogens is 2. The zero-order valence-corrected chi connectivity index (χ0v) is 17.5. The second kappa shape index (κ2) is 7.89. The lowest BCUT2D eigenvalue weighted by Gasteiger charge is -2.15. The van der Waals surface area contributed by atoms with Crippen LogP contribution in [0.15, 0.2) is 45.8 Å². The number of nitrogens with zero attached hydrogens (tertiary/aromatic N) is 4. The van der Waals surface area contributed by atoms with Crippen molar-refractivity contribution >= 4 is 45.4 Å². The van der Waals surface area contributed by atoms with E-state index in [2.05, 4.69) is 35.1 Å². The van der Waals surface area contributed by atoms with Gasteiger partial charge in [0.2, 0.25) is 5.13 Å². The molecule has 1 amide bonds. The lowest BCUT2D eigenvalue weighted by Crippen LogP contribution is -2.23. The molecule has 6 nitrogen and oxygen atoms in total. The molecule has 0 saturated carbocycles. The normalized spacial score (nSPS) is 19.4. The van der Waals surface area contributed by atoms with Crippen molar-refractivity contribution in [3.63, 3.8) is 0 Å². The smallest absolute Gasteiger partial charge is 0.266 e. The van der Waals surface area contributed by atoms with Crippen molar-refractivity contribution in [2.75, 3.05) is 13.7 Å². The maximum atomic E-state index is 12.6. The van der Waals surface area contributed by atoms with E-state index in [4.69, 9.17) is 4.74 Å². The van der Waals surface area contributed by atoms with Gasteiger partial charge in [-0.25, -0.2) is 0 Å². The highest BCUT2D eigenvalue weighted by Gasteiger charge is 2.31. The maximum absolute atomic E-state index is 12.6. The van der Waals surface area contributed by atoms with Crippen molar-refractivity contribution < 1.29 is 9.53 Å². The Balaban J connectivity index is 1.55. The van der Waals surface area contributed by atoms with Gasteiger partial charge in [-0.15, -0.1) is 10.2 Å². The van der Waals surface area contributed by atoms with Crippen LogP contribution >= 0.6 is 23.1 Å². The van der Waals surface area contributed by atoms with Gasteiger partial charge in [-0.05, 0) is 41.5 Å². The number of para-hydroxylation sites is 1. The molecule has 0 spiro atoms. The zero-order valence-electron chi connectivity index (χ0n) is 15.9. The third-order valence-electron chi connectivity index (χ3n) is 4.20. The van der Waals surface area contributed by atoms with Crippen LogP contribution < -0.4 is 4.74 Å². The van der Waals surface area contributed by atoms with Gasteiger partial charge in [0.05, 0.1) is 4.91 Å². The van der Waals surface area contributed by atoms with Crippen LogP contribution in [0.5, 0.6) is 5.75 Å². The minimum atomic E-state index is -0.0737. The van der Waals surface area contributed by atoms with E-state index >= 15 is 0 Å². The topological polar surface area (TPSA) is 67.7 Å². The van der Waals surface area contributed by atoms with Crippen LogP contribution in [0.25, 0.3) is 6.08 Å². The van der Waals surface area contributed by atoms with Crippen LogP contribution in [0.2, 0.25) is 0 Å². The summed E-state index contributed by atoms with van der Waals surface area (Å²) in [6.07, 6.45) is 4.81. The van der Waals surface area contributed by atoms with Crippen LogP contribution in [0.1, 0.15) is 24.4 Å². The number of hydrogen-bond donors (Lipinski definition) is 0. The van der Waals surface area contributed by atoms with Crippen LogP contribution in [0.3, 0.4) is 0 Å². The van der Waals surface area contributed by atoms with E-state index in [1.807, 2.05) is 30.3 Å². The highest BCUT2D eigenvalue weighted by molar-refractivity contribution is 8.18. The number of carbonyl (C=O) groups excluding carboxylic acids is 1. The largest absolute Gasteiger partial charge is 0.488 e. The molecule has 1 aromatic heterocycles. The molecule has 3 heterocycles. The summed E-state index contributed by atoms with van der Waals surface area (Å²) in [4.78, 5) is 19.3. The van der Waals surface area contributed by atoms with Crippen molar-refractivity contribution in [2.24, 2.45) is 10.9 Å². The first kappa shape index (κ1) is 18.9. The summed E-state index contributed by atoms with van der Waals surface area (Å²) >= 11 is 2.82. The Hall–Kier alpha value is -2.45. The average molecular weight is 413 g/mol. The van der Waals surface area contributed by atoms with Gasteiger partial charge in [-0.2, -0.15) is 4.99 Å². The van der Waals surface area contributed by atoms with E-state index in [1.54, 1.807) is 11.9 Å². The van der Waals surface area contributed by atoms with Gasteiger partial charge in [0, 0.05) is 19.0 Å². The first-order valence-corrected chi connectivity index (χ1v) is 10.6. The number of likely N-dealkylation sites (N-methyl/N-ethyl adjacent to an activating group) is 1. The predicted octanol–water partition coefficient (Wildman–Crippen LogP) is 4.29. The van der Waals surface area contributed by atoms with Crippen molar-refractivity contribution in [3.8, 4) is 5.75 Å². The van der Waals surface area contributed by atoms with Gasteiger partial charge >= 0.3 is 0 Å². The van der Waals surface area contributed by atoms with E-state index in [0.29, 0.717) is 27.7 Å². The van der Waals surface area contributed by atoms with Crippen molar-refractivity contribution in [1.82, 2.24) is 15.1 Å². The Morgan fingerprint density at radius 2 is 2.14 bits per heavy atom. The number of hydrogen-bond acceptors (Lipinski definition) is 7. The molecular weight excluding hydrogens is 392 g/mol. The molecule has 4 rings (SSSR count). The fourth-order valence-corrected chi connectivity index (χ4v) is 4.80. The van der Waals surface area contributed by atoms with Crippen LogP contribution in [-0.4, -0.2) is 39.8 Å². The van der Waals surface area contributed by atoms with Gasteiger partial charge in [0.15, 0.2) is 5.17 Å². The second-order valence-electron chi connectivity index (χ2n) is 6.99. The second-order valence-corrected chi connectivity index (χ2v) is 9.04. The summed E-state index contributed by atoms with van der Waals surface area (Å²) in [6, 6.07) is 7.86. The van der Waals surface area contributed by atoms with Gasteiger partial charge in [-0.1, -0.05) is 43.4 Å². The monoisotopic (exact) mass is 412 g/mol. The molecule has 0 atom stereocenters. The molecule has 1 aromatic carbocycles. The number of amidine groups is 1. The minimum absolute atomic E-state index is 0.0737. The molecule has 2 aromatic rings. The SMILES string of the molecule is CC(C)Cc1nnc(N=C2S/C(=C\C3=Cc4ccccc4OC3)C(=O)N2C)s1. The summed E-state index contributed by atoms with van der Waals surface area (Å²) in [7, 11) is 1.73. The van der Waals surface area contributed by atoms with Crippen LogP contribution in [0.4, 0.5) is 5.13 Å². The first-order valence-electron chi connectivity index (χ1n) is 9.00. The maximum Gasteiger partial charge on any atom is 0.266 e. The molecule has 0 aliphatic carbocycles. The molecule has 0 bridgehead atoms. The fraction of sp³-hybridized carbons (Fsp3) is 0.300. The molecule has 28 heavy (non-hydrogen) atoms. The van der Waals surface area contributed by atoms with Gasteiger partial charge in [-0.3, -0.25) is 9.69 Å². The lowest BCUT2D eigenvalue weighted by molar-refractivity contribution is -0.121. The fourth-order valence-electron chi connectivity index (χ4n) is 2.84. The van der Waals surface area contributed by atoms with E-state index in [9.17, 15) is 4.79 Å². The predicted molar refractivity (Wildman–Crippen MR) is 114 cm³/mol. The standard InChI is InChI=1S/C20H20N4O2S2/c1-12(2)8-17-22-23-19(28-17)21-20-24(3)18(25)16(27-20)10-13-9-14-6-4-5-7-15(14)26-11-13/h4-7,9-10,12H,8,11H2,1-3H3/b16-10-,21-20?. The van der Waals surface area contributed by atoms with Crippen LogP contribution in [0, 0.1) is 5.92 Å². The van der Waals surface area contributed by atoms with Crippen molar-refractivity contribution in [3.05, 3.63) is 51.4 Å². The molecule has 8 heteroatoms. The molecular formula is C20H20N4O2S2. The highest BCUT2D eigenvalue weighted by Crippen LogP contribution is 2.35. The average Bonchev–Trinajstić information content (AvgIpc) is 3.21. The van der Waals surface area contributed by atoms with Crippen molar-refractivity contribution in [2.45, 2.75) is 20.3 Å². The summed E-state index contributed by atoms with van der Waals surface area (Å²) in [5, 5.41) is 10.5. The van der Waals surface area contributed by atoms with E-state index < -0.39 is 0 Å². The van der Waals surface area contributed by atoms with E-state index in [0.717, 1.165) is 28.3 Å². The number of rotatable bonds is 4. The number of aliphatic imine (C=N–C) groups is 1. The number of amides is 1. The summed E-state index contributed by atoms with van der Waals surface area (Å²) in [6.45, 7) is 4.73. The molecule has 0 radical (unpaired) electrons. The molecule has 2 aliphatic rings. The Kier molecular flexibility index (Phi) is 5.32. The zero-order chi connectivity index (χ0) is 19.7. The number of carbonyl (C=O) groups is 1. The third-order valence-corrected chi connectivity index (χ3v) is 6.10. The lowest BCUT2D eigenvalue weighted by atomic mass is 10.1. The Morgan fingerprint density at radius 1 is 1.32 bits per heavy atom. The molecule has 2 aliphatic heterocycles. The number of thioether (sulfide) groups is 1. The van der Waals surface area contributed by atoms with Crippen LogP contribution in [-0.2, 0) is 11.2 Å². The first-order chi connectivity index (χ1) is 13.5. The van der Waals surface area contributed by atoms with Gasteiger partial charge in [0.1, 0.15) is 17.4 Å². The number of fused-ring (bicyclic) bond motifs is 1. The van der Waals surface area contributed by atoms with E-state index in [-0.39, 0.29) is 5.91 Å². The molecule has 1 fully saturated rings. The van der Waals surface area contributed by atoms with Gasteiger partial charge in [0.25, 0.3) is 5.91 Å². The Bertz CT molecular complexity index is 1010. The quantitative estimate of drug-likeness (QED) is 0.701. The molecule has 144 valence electrons. The van der Waals surface area contributed by atoms with Gasteiger partial charge < -0.3 is 4.74 Å². The number of benzene rings is 1. The number of ether oxygens (including phenoxy) is 1. The van der Waals surface area contributed by atoms with E-state index in [1.165, 1.54) is 23.1 Å². The molecule has 1 saturated heterocycles. The summed E-state index contributed by atoms with van der Waals surface area (Å²) < 4.78 is 5.77.